The van der Waals surface area contributed by atoms with Gasteiger partial charge in [-0.3, -0.25) is 4.79 Å². The van der Waals surface area contributed by atoms with Gasteiger partial charge in [0.05, 0.1) is 7.11 Å². The first-order valence-corrected chi connectivity index (χ1v) is 4.94. The molecule has 1 unspecified atom stereocenters. The third kappa shape index (κ3) is 4.07. The van der Waals surface area contributed by atoms with Gasteiger partial charge >= 0.3 is 5.97 Å². The molecule has 4 nitrogen and oxygen atoms in total. The van der Waals surface area contributed by atoms with E-state index in [9.17, 15) is 4.79 Å². The third-order valence-corrected chi connectivity index (χ3v) is 2.26. The van der Waals surface area contributed by atoms with Crippen LogP contribution in [0.3, 0.4) is 0 Å². The van der Waals surface area contributed by atoms with Crippen molar-refractivity contribution in [3.8, 4) is 0 Å². The first-order valence-electron chi connectivity index (χ1n) is 4.94. The third-order valence-electron chi connectivity index (χ3n) is 2.26. The van der Waals surface area contributed by atoms with E-state index >= 15 is 0 Å². The van der Waals surface area contributed by atoms with Gasteiger partial charge in [0, 0.05) is 0 Å². The number of esters is 1. The van der Waals surface area contributed by atoms with E-state index in [4.69, 9.17) is 4.74 Å². The Morgan fingerprint density at radius 3 is 2.43 bits per heavy atom. The second kappa shape index (κ2) is 5.98. The van der Waals surface area contributed by atoms with Gasteiger partial charge in [-0.1, -0.05) is 6.92 Å². The van der Waals surface area contributed by atoms with E-state index < -0.39 is 5.54 Å². The summed E-state index contributed by atoms with van der Waals surface area (Å²) in [5.74, 6) is -0.193. The molecule has 0 bridgehead atoms. The zero-order valence-electron chi connectivity index (χ0n) is 9.89. The number of hydrogen-bond acceptors (Lipinski definition) is 4. The molecule has 0 aromatic rings. The number of nitrogens with one attached hydrogen (secondary N) is 1. The van der Waals surface area contributed by atoms with E-state index in [-0.39, 0.29) is 5.97 Å². The molecule has 0 amide bonds. The van der Waals surface area contributed by atoms with Gasteiger partial charge in [0.25, 0.3) is 0 Å². The van der Waals surface area contributed by atoms with Crippen LogP contribution in [-0.4, -0.2) is 50.7 Å². The summed E-state index contributed by atoms with van der Waals surface area (Å²) in [6.45, 7) is 5.49. The largest absolute Gasteiger partial charge is 0.468 e. The maximum absolute atomic E-state index is 11.5. The number of rotatable bonds is 6. The SMILES string of the molecule is CCNC(C)(CCN(C)C)C(=O)OC. The standard InChI is InChI=1S/C10H22N2O2/c1-6-11-10(2,9(13)14-5)7-8-12(3)4/h11H,6-8H2,1-5H3. The van der Waals surface area contributed by atoms with Gasteiger partial charge in [0.1, 0.15) is 5.54 Å². The summed E-state index contributed by atoms with van der Waals surface area (Å²) < 4.78 is 4.78. The predicted molar refractivity (Wildman–Crippen MR) is 57.3 cm³/mol. The summed E-state index contributed by atoms with van der Waals surface area (Å²) in [6, 6.07) is 0. The summed E-state index contributed by atoms with van der Waals surface area (Å²) in [6.07, 6.45) is 0.751. The van der Waals surface area contributed by atoms with Crippen LogP contribution in [0.15, 0.2) is 0 Å². The lowest BCUT2D eigenvalue weighted by Gasteiger charge is -2.28. The van der Waals surface area contributed by atoms with E-state index in [1.165, 1.54) is 7.11 Å². The normalized spacial score (nSPS) is 15.3. The number of ether oxygens (including phenoxy) is 1. The number of likely N-dealkylation sites (N-methyl/N-ethyl adjacent to an activating group) is 1. The fourth-order valence-electron chi connectivity index (χ4n) is 1.33. The molecule has 84 valence electrons. The lowest BCUT2D eigenvalue weighted by atomic mass is 9.97. The summed E-state index contributed by atoms with van der Waals surface area (Å²) in [5, 5.41) is 3.16. The Kier molecular flexibility index (Phi) is 5.72. The van der Waals surface area contributed by atoms with Crippen molar-refractivity contribution in [2.75, 3.05) is 34.3 Å². The number of nitrogens with zero attached hydrogens (tertiary/aromatic N) is 1. The van der Waals surface area contributed by atoms with Crippen LogP contribution in [0.4, 0.5) is 0 Å². The van der Waals surface area contributed by atoms with Crippen LogP contribution in [0.1, 0.15) is 20.3 Å². The lowest BCUT2D eigenvalue weighted by molar-refractivity contribution is -0.148. The number of carbonyl (C=O) groups is 1. The molecule has 0 aliphatic heterocycles. The van der Waals surface area contributed by atoms with Crippen molar-refractivity contribution in [3.63, 3.8) is 0 Å². The van der Waals surface area contributed by atoms with Gasteiger partial charge < -0.3 is 15.0 Å². The van der Waals surface area contributed by atoms with Crippen LogP contribution in [0.5, 0.6) is 0 Å². The molecule has 0 aliphatic rings. The maximum atomic E-state index is 11.5. The Hall–Kier alpha value is -0.610. The Morgan fingerprint density at radius 1 is 1.50 bits per heavy atom. The molecule has 1 atom stereocenters. The van der Waals surface area contributed by atoms with E-state index in [0.717, 1.165) is 19.5 Å². The minimum Gasteiger partial charge on any atom is -0.468 e. The second-order valence-electron chi connectivity index (χ2n) is 3.91. The zero-order chi connectivity index (χ0) is 11.2. The molecule has 0 saturated carbocycles. The average molecular weight is 202 g/mol. The van der Waals surface area contributed by atoms with Crippen LogP contribution in [0, 0.1) is 0 Å². The summed E-state index contributed by atoms with van der Waals surface area (Å²) in [7, 11) is 5.40. The highest BCUT2D eigenvalue weighted by Gasteiger charge is 2.32. The highest BCUT2D eigenvalue weighted by atomic mass is 16.5. The fourth-order valence-corrected chi connectivity index (χ4v) is 1.33. The minimum atomic E-state index is -0.562. The van der Waals surface area contributed by atoms with Gasteiger partial charge in [0.2, 0.25) is 0 Å². The van der Waals surface area contributed by atoms with Crippen LogP contribution in [0.25, 0.3) is 0 Å². The first kappa shape index (κ1) is 13.4. The molecule has 1 N–H and O–H groups in total. The van der Waals surface area contributed by atoms with Crippen molar-refractivity contribution >= 4 is 5.97 Å². The molecule has 0 aromatic carbocycles. The summed E-state index contributed by atoms with van der Waals surface area (Å²) >= 11 is 0. The molecule has 0 rings (SSSR count). The lowest BCUT2D eigenvalue weighted by Crippen LogP contribution is -2.51. The van der Waals surface area contributed by atoms with E-state index in [1.807, 2.05) is 27.9 Å². The molecular weight excluding hydrogens is 180 g/mol. The van der Waals surface area contributed by atoms with Crippen molar-refractivity contribution in [1.29, 1.82) is 0 Å². The van der Waals surface area contributed by atoms with Crippen molar-refractivity contribution < 1.29 is 9.53 Å². The minimum absolute atomic E-state index is 0.193. The van der Waals surface area contributed by atoms with E-state index in [1.54, 1.807) is 0 Å². The van der Waals surface area contributed by atoms with Crippen LogP contribution < -0.4 is 5.32 Å². The zero-order valence-corrected chi connectivity index (χ0v) is 9.89. The molecule has 0 aliphatic carbocycles. The molecular formula is C10H22N2O2. The average Bonchev–Trinajstić information content (AvgIpc) is 2.14. The molecule has 0 spiro atoms. The summed E-state index contributed by atoms with van der Waals surface area (Å²) in [4.78, 5) is 13.6. The molecule has 0 heterocycles. The molecule has 0 saturated heterocycles. The van der Waals surface area contributed by atoms with Gasteiger partial charge in [-0.05, 0) is 40.5 Å². The topological polar surface area (TPSA) is 41.6 Å². The van der Waals surface area contributed by atoms with Crippen LogP contribution in [-0.2, 0) is 9.53 Å². The fraction of sp³-hybridized carbons (Fsp3) is 0.900. The molecule has 0 fully saturated rings. The van der Waals surface area contributed by atoms with Gasteiger partial charge in [-0.2, -0.15) is 0 Å². The Bertz CT molecular complexity index is 183. The molecule has 14 heavy (non-hydrogen) atoms. The van der Waals surface area contributed by atoms with Crippen LogP contribution in [0.2, 0.25) is 0 Å². The van der Waals surface area contributed by atoms with Crippen LogP contribution >= 0.6 is 0 Å². The van der Waals surface area contributed by atoms with Crippen molar-refractivity contribution in [2.24, 2.45) is 0 Å². The maximum Gasteiger partial charge on any atom is 0.325 e. The number of carbonyl (C=O) groups excluding carboxylic acids is 1. The Balaban J connectivity index is 4.30. The second-order valence-corrected chi connectivity index (χ2v) is 3.91. The van der Waals surface area contributed by atoms with Crippen molar-refractivity contribution in [3.05, 3.63) is 0 Å². The quantitative estimate of drug-likeness (QED) is 0.636. The number of methoxy groups -OCH3 is 1. The predicted octanol–water partition coefficient (Wildman–Crippen LogP) is 0.479. The van der Waals surface area contributed by atoms with Gasteiger partial charge in [-0.25, -0.2) is 0 Å². The van der Waals surface area contributed by atoms with Crippen molar-refractivity contribution in [1.82, 2.24) is 10.2 Å². The Labute approximate surface area is 86.6 Å². The molecule has 4 heteroatoms. The van der Waals surface area contributed by atoms with Gasteiger partial charge in [-0.15, -0.1) is 0 Å². The monoisotopic (exact) mass is 202 g/mol. The molecule has 0 radical (unpaired) electrons. The van der Waals surface area contributed by atoms with Crippen molar-refractivity contribution in [2.45, 2.75) is 25.8 Å². The highest BCUT2D eigenvalue weighted by molar-refractivity contribution is 5.80. The smallest absolute Gasteiger partial charge is 0.325 e. The highest BCUT2D eigenvalue weighted by Crippen LogP contribution is 2.11. The van der Waals surface area contributed by atoms with E-state index in [2.05, 4.69) is 10.2 Å². The first-order chi connectivity index (χ1) is 6.46. The Morgan fingerprint density at radius 2 is 2.07 bits per heavy atom. The number of hydrogen-bond donors (Lipinski definition) is 1. The molecule has 0 aromatic heterocycles. The summed E-state index contributed by atoms with van der Waals surface area (Å²) in [5.41, 5.74) is -0.562. The van der Waals surface area contributed by atoms with Gasteiger partial charge in [0.15, 0.2) is 0 Å². The van der Waals surface area contributed by atoms with E-state index in [0.29, 0.717) is 0 Å².